The van der Waals surface area contributed by atoms with Gasteiger partial charge in [-0.1, -0.05) is 25.2 Å². The maximum Gasteiger partial charge on any atom is 0.324 e. The molecule has 1 unspecified atom stereocenters. The Balaban J connectivity index is 0.00000200. The molecule has 0 spiro atoms. The molecule has 0 radical (unpaired) electrons. The summed E-state index contributed by atoms with van der Waals surface area (Å²) in [5.74, 6) is -0.141. The van der Waals surface area contributed by atoms with Crippen LogP contribution in [0.1, 0.15) is 29.9 Å². The number of carbonyl (C=O) groups excluding carboxylic acids is 1. The lowest BCUT2D eigenvalue weighted by atomic mass is 9.79. The van der Waals surface area contributed by atoms with Crippen LogP contribution >= 0.6 is 23.7 Å². The summed E-state index contributed by atoms with van der Waals surface area (Å²) in [4.78, 5) is 24.6. The monoisotopic (exact) mass is 319 g/mol. The number of hydrogen-bond donors (Lipinski definition) is 1. The van der Waals surface area contributed by atoms with Gasteiger partial charge in [-0.3, -0.25) is 14.9 Å². The first kappa shape index (κ1) is 16.9. The highest BCUT2D eigenvalue weighted by Gasteiger charge is 2.36. The van der Waals surface area contributed by atoms with Gasteiger partial charge in [0.05, 0.1) is 9.80 Å². The van der Waals surface area contributed by atoms with Crippen LogP contribution in [0.15, 0.2) is 12.1 Å². The van der Waals surface area contributed by atoms with Gasteiger partial charge in [-0.2, -0.15) is 0 Å². The first-order valence-electron chi connectivity index (χ1n) is 6.10. The van der Waals surface area contributed by atoms with E-state index < -0.39 is 4.92 Å². The summed E-state index contributed by atoms with van der Waals surface area (Å²) >= 11 is 0.922. The Labute approximate surface area is 127 Å². The van der Waals surface area contributed by atoms with E-state index >= 15 is 0 Å². The van der Waals surface area contributed by atoms with Crippen molar-refractivity contribution in [3.63, 3.8) is 0 Å². The van der Waals surface area contributed by atoms with Crippen molar-refractivity contribution >= 4 is 34.7 Å². The number of nitrogens with two attached hydrogens (primary N) is 1. The summed E-state index contributed by atoms with van der Waals surface area (Å²) in [5, 5.41) is 10.6. The van der Waals surface area contributed by atoms with Crippen LogP contribution in [0.4, 0.5) is 5.00 Å². The standard InChI is InChI=1S/C12H17N3O3S.ClH/c1-12(2)7-14(6-5-9(12)13)11(16)8-3-4-10(19-8)15(17)18;/h3-4,9H,5-7,13H2,1-2H3;1H. The number of nitrogens with zero attached hydrogens (tertiary/aromatic N) is 2. The fourth-order valence-corrected chi connectivity index (χ4v) is 3.03. The number of nitro groups is 1. The molecule has 6 nitrogen and oxygen atoms in total. The van der Waals surface area contributed by atoms with Crippen molar-refractivity contribution in [3.05, 3.63) is 27.1 Å². The van der Waals surface area contributed by atoms with Crippen LogP contribution < -0.4 is 5.73 Å². The third-order valence-corrected chi connectivity index (χ3v) is 4.61. The Morgan fingerprint density at radius 2 is 2.20 bits per heavy atom. The van der Waals surface area contributed by atoms with E-state index in [4.69, 9.17) is 5.73 Å². The Morgan fingerprint density at radius 1 is 1.55 bits per heavy atom. The first-order valence-corrected chi connectivity index (χ1v) is 6.92. The highest BCUT2D eigenvalue weighted by Crippen LogP contribution is 2.31. The molecule has 1 aromatic rings. The molecule has 0 aromatic carbocycles. The third kappa shape index (κ3) is 3.28. The number of piperidine rings is 1. The van der Waals surface area contributed by atoms with Crippen LogP contribution in [0.25, 0.3) is 0 Å². The average Bonchev–Trinajstić information content (AvgIpc) is 2.81. The molecular weight excluding hydrogens is 302 g/mol. The largest absolute Gasteiger partial charge is 0.337 e. The van der Waals surface area contributed by atoms with Gasteiger partial charge in [-0.25, -0.2) is 0 Å². The molecule has 1 aliphatic heterocycles. The molecule has 1 saturated heterocycles. The molecule has 2 heterocycles. The summed E-state index contributed by atoms with van der Waals surface area (Å²) in [6.45, 7) is 5.26. The maximum absolute atomic E-state index is 12.3. The van der Waals surface area contributed by atoms with Crippen molar-refractivity contribution in [1.82, 2.24) is 4.90 Å². The van der Waals surface area contributed by atoms with Crippen LogP contribution in [0.3, 0.4) is 0 Å². The zero-order valence-electron chi connectivity index (χ0n) is 11.4. The molecule has 2 N–H and O–H groups in total. The maximum atomic E-state index is 12.3. The van der Waals surface area contributed by atoms with Crippen LogP contribution in [0, 0.1) is 15.5 Å². The van der Waals surface area contributed by atoms with E-state index in [2.05, 4.69) is 0 Å². The quantitative estimate of drug-likeness (QED) is 0.669. The minimum absolute atomic E-state index is 0. The normalized spacial score (nSPS) is 21.1. The second kappa shape index (κ2) is 6.07. The van der Waals surface area contributed by atoms with Crippen LogP contribution in [0.5, 0.6) is 0 Å². The van der Waals surface area contributed by atoms with E-state index in [0.717, 1.165) is 17.8 Å². The van der Waals surface area contributed by atoms with Crippen molar-refractivity contribution in [2.75, 3.05) is 13.1 Å². The van der Waals surface area contributed by atoms with Crippen LogP contribution in [-0.4, -0.2) is 34.9 Å². The minimum atomic E-state index is -0.475. The molecule has 1 atom stereocenters. The Hall–Kier alpha value is -1.18. The van der Waals surface area contributed by atoms with Crippen molar-refractivity contribution in [2.45, 2.75) is 26.3 Å². The number of hydrogen-bond acceptors (Lipinski definition) is 5. The lowest BCUT2D eigenvalue weighted by Gasteiger charge is -2.42. The molecule has 0 aliphatic carbocycles. The van der Waals surface area contributed by atoms with Gasteiger partial charge in [0.25, 0.3) is 5.91 Å². The fraction of sp³-hybridized carbons (Fsp3) is 0.583. The van der Waals surface area contributed by atoms with Crippen molar-refractivity contribution < 1.29 is 9.72 Å². The van der Waals surface area contributed by atoms with E-state index in [1.54, 1.807) is 4.90 Å². The molecule has 1 fully saturated rings. The van der Waals surface area contributed by atoms with E-state index in [1.165, 1.54) is 12.1 Å². The zero-order chi connectivity index (χ0) is 14.2. The van der Waals surface area contributed by atoms with E-state index in [0.29, 0.717) is 18.0 Å². The predicted octanol–water partition coefficient (Wildman–Crippen LogP) is 2.28. The second-order valence-corrected chi connectivity index (χ2v) is 6.57. The number of thiophene rings is 1. The number of likely N-dealkylation sites (tertiary alicyclic amines) is 1. The number of halogens is 1. The smallest absolute Gasteiger partial charge is 0.324 e. The highest BCUT2D eigenvalue weighted by molar-refractivity contribution is 7.17. The molecule has 1 aromatic heterocycles. The van der Waals surface area contributed by atoms with Crippen LogP contribution in [-0.2, 0) is 0 Å². The molecule has 1 aliphatic rings. The SMILES string of the molecule is CC1(C)CN(C(=O)c2ccc([N+](=O)[O-])s2)CCC1N.Cl. The molecule has 8 heteroatoms. The van der Waals surface area contributed by atoms with Gasteiger partial charge in [-0.15, -0.1) is 12.4 Å². The molecule has 2 rings (SSSR count). The fourth-order valence-electron chi connectivity index (χ4n) is 2.24. The Morgan fingerprint density at radius 3 is 2.70 bits per heavy atom. The summed E-state index contributed by atoms with van der Waals surface area (Å²) in [7, 11) is 0. The van der Waals surface area contributed by atoms with Crippen LogP contribution in [0.2, 0.25) is 0 Å². The number of rotatable bonds is 2. The highest BCUT2D eigenvalue weighted by atomic mass is 35.5. The number of carbonyl (C=O) groups is 1. The predicted molar refractivity (Wildman–Crippen MR) is 80.5 cm³/mol. The molecule has 20 heavy (non-hydrogen) atoms. The van der Waals surface area contributed by atoms with Gasteiger partial charge in [0.15, 0.2) is 0 Å². The summed E-state index contributed by atoms with van der Waals surface area (Å²) in [6, 6.07) is 2.97. The van der Waals surface area contributed by atoms with Gasteiger partial charge < -0.3 is 10.6 Å². The molecule has 112 valence electrons. The average molecular weight is 320 g/mol. The van der Waals surface area contributed by atoms with Gasteiger partial charge in [0.2, 0.25) is 0 Å². The third-order valence-electron chi connectivity index (χ3n) is 3.58. The molecule has 1 amide bonds. The lowest BCUT2D eigenvalue weighted by molar-refractivity contribution is -0.380. The van der Waals surface area contributed by atoms with Crippen molar-refractivity contribution in [3.8, 4) is 0 Å². The number of amides is 1. The van der Waals surface area contributed by atoms with Gasteiger partial charge in [0, 0.05) is 25.2 Å². The molecular formula is C12H18ClN3O3S. The zero-order valence-corrected chi connectivity index (χ0v) is 13.0. The first-order chi connectivity index (χ1) is 8.81. The summed E-state index contributed by atoms with van der Waals surface area (Å²) in [6.07, 6.45) is 0.756. The lowest BCUT2D eigenvalue weighted by Crippen LogP contribution is -2.53. The van der Waals surface area contributed by atoms with E-state index in [-0.39, 0.29) is 34.8 Å². The Kier molecular flexibility index (Phi) is 5.12. The van der Waals surface area contributed by atoms with Gasteiger partial charge >= 0.3 is 5.00 Å². The Bertz CT molecular complexity index is 518. The van der Waals surface area contributed by atoms with E-state index in [1.807, 2.05) is 13.8 Å². The van der Waals surface area contributed by atoms with E-state index in [9.17, 15) is 14.9 Å². The van der Waals surface area contributed by atoms with Crippen molar-refractivity contribution in [1.29, 1.82) is 0 Å². The minimum Gasteiger partial charge on any atom is -0.337 e. The van der Waals surface area contributed by atoms with Gasteiger partial charge in [-0.05, 0) is 17.9 Å². The van der Waals surface area contributed by atoms with Crippen molar-refractivity contribution in [2.24, 2.45) is 11.1 Å². The summed E-state index contributed by atoms with van der Waals surface area (Å²) in [5.41, 5.74) is 5.90. The second-order valence-electron chi connectivity index (χ2n) is 5.51. The topological polar surface area (TPSA) is 89.5 Å². The summed E-state index contributed by atoms with van der Waals surface area (Å²) < 4.78 is 0. The van der Waals surface area contributed by atoms with Gasteiger partial charge in [0.1, 0.15) is 0 Å². The molecule has 0 bridgehead atoms. The molecule has 0 saturated carbocycles.